The van der Waals surface area contributed by atoms with E-state index in [0.717, 1.165) is 11.1 Å². The lowest BCUT2D eigenvalue weighted by Gasteiger charge is -2.31. The SMILES string of the molecule is C=C(C/C(=C/C(O)(c1ccccc1)c1ccccc1)OC(C)=O)CC(O)(c1ccccc1)c1ccccc1. The Balaban J connectivity index is 1.72. The molecule has 0 heterocycles. The number of ether oxygens (including phenoxy) is 1. The van der Waals surface area contributed by atoms with Crippen LogP contribution in [-0.4, -0.2) is 16.2 Å². The highest BCUT2D eigenvalue weighted by Crippen LogP contribution is 2.38. The van der Waals surface area contributed by atoms with Crippen LogP contribution in [0, 0.1) is 0 Å². The Kier molecular flexibility index (Phi) is 8.37. The molecule has 0 spiro atoms. The number of hydrogen-bond acceptors (Lipinski definition) is 4. The van der Waals surface area contributed by atoms with Gasteiger partial charge >= 0.3 is 5.97 Å². The Hall–Kier alpha value is -4.25. The first-order chi connectivity index (χ1) is 18.3. The minimum Gasteiger partial charge on any atom is -0.431 e. The van der Waals surface area contributed by atoms with Gasteiger partial charge in [0.05, 0.1) is 0 Å². The van der Waals surface area contributed by atoms with Crippen LogP contribution in [0.4, 0.5) is 0 Å². The molecule has 0 bridgehead atoms. The van der Waals surface area contributed by atoms with Crippen molar-refractivity contribution in [2.45, 2.75) is 31.0 Å². The number of benzene rings is 4. The van der Waals surface area contributed by atoms with Crippen LogP contribution in [0.5, 0.6) is 0 Å². The van der Waals surface area contributed by atoms with Gasteiger partial charge in [-0.05, 0) is 28.3 Å². The second-order valence-electron chi connectivity index (χ2n) is 9.40. The van der Waals surface area contributed by atoms with Gasteiger partial charge in [-0.2, -0.15) is 0 Å². The molecule has 0 aliphatic rings. The zero-order valence-corrected chi connectivity index (χ0v) is 21.5. The molecule has 2 N–H and O–H groups in total. The van der Waals surface area contributed by atoms with Crippen LogP contribution in [0.3, 0.4) is 0 Å². The Bertz CT molecular complexity index is 1300. The molecule has 192 valence electrons. The molecule has 0 atom stereocenters. The molecule has 4 aromatic rings. The molecule has 4 aromatic carbocycles. The van der Waals surface area contributed by atoms with E-state index in [4.69, 9.17) is 4.74 Å². The third-order valence-corrected chi connectivity index (χ3v) is 6.51. The molecule has 0 fully saturated rings. The van der Waals surface area contributed by atoms with Gasteiger partial charge < -0.3 is 14.9 Å². The van der Waals surface area contributed by atoms with E-state index in [0.29, 0.717) is 16.7 Å². The predicted octanol–water partition coefficient (Wildman–Crippen LogP) is 6.64. The van der Waals surface area contributed by atoms with E-state index in [1.807, 2.05) is 121 Å². The third kappa shape index (κ3) is 6.17. The molecular formula is C34H32O4. The van der Waals surface area contributed by atoms with E-state index >= 15 is 0 Å². The van der Waals surface area contributed by atoms with E-state index in [2.05, 4.69) is 6.58 Å². The van der Waals surface area contributed by atoms with Crippen molar-refractivity contribution in [1.82, 2.24) is 0 Å². The Morgan fingerprint density at radius 3 is 1.45 bits per heavy atom. The van der Waals surface area contributed by atoms with Crippen molar-refractivity contribution >= 4 is 5.97 Å². The summed E-state index contributed by atoms with van der Waals surface area (Å²) in [6, 6.07) is 37.3. The third-order valence-electron chi connectivity index (χ3n) is 6.51. The van der Waals surface area contributed by atoms with Gasteiger partial charge in [0.15, 0.2) is 0 Å². The molecule has 0 saturated carbocycles. The minimum atomic E-state index is -1.55. The molecule has 4 rings (SSSR count). The highest BCUT2D eigenvalue weighted by Gasteiger charge is 2.34. The highest BCUT2D eigenvalue weighted by atomic mass is 16.5. The number of hydrogen-bond donors (Lipinski definition) is 2. The smallest absolute Gasteiger partial charge is 0.307 e. The second kappa shape index (κ2) is 11.9. The number of rotatable bonds is 10. The van der Waals surface area contributed by atoms with Crippen molar-refractivity contribution in [3.8, 4) is 0 Å². The predicted molar refractivity (Wildman–Crippen MR) is 150 cm³/mol. The monoisotopic (exact) mass is 504 g/mol. The van der Waals surface area contributed by atoms with Crippen molar-refractivity contribution < 1.29 is 19.7 Å². The molecule has 38 heavy (non-hydrogen) atoms. The standard InChI is InChI=1S/C34H32O4/c1-26(24-33(36,28-15-7-3-8-16-28)29-17-9-4-10-18-29)23-32(38-27(2)35)25-34(37,30-19-11-5-12-20-30)31-21-13-6-14-22-31/h3-22,25,36-37H,1,23-24H2,2H3/b32-25-. The van der Waals surface area contributed by atoms with E-state index in [1.54, 1.807) is 6.08 Å². The fourth-order valence-corrected chi connectivity index (χ4v) is 4.72. The topological polar surface area (TPSA) is 66.8 Å². The summed E-state index contributed by atoms with van der Waals surface area (Å²) in [5, 5.41) is 24.0. The molecule has 0 radical (unpaired) electrons. The number of carbonyl (C=O) groups is 1. The first-order valence-corrected chi connectivity index (χ1v) is 12.5. The molecule has 0 unspecified atom stereocenters. The number of aliphatic hydroxyl groups is 2. The molecule has 0 aromatic heterocycles. The van der Waals surface area contributed by atoms with E-state index < -0.39 is 17.2 Å². The van der Waals surface area contributed by atoms with Crippen molar-refractivity contribution in [1.29, 1.82) is 0 Å². The maximum Gasteiger partial charge on any atom is 0.307 e. The van der Waals surface area contributed by atoms with Crippen LogP contribution in [0.2, 0.25) is 0 Å². The van der Waals surface area contributed by atoms with Gasteiger partial charge in [-0.1, -0.05) is 133 Å². The summed E-state index contributed by atoms with van der Waals surface area (Å²) in [7, 11) is 0. The Labute approximate surface area is 224 Å². The zero-order chi connectivity index (χ0) is 27.0. The summed E-state index contributed by atoms with van der Waals surface area (Å²) in [6.45, 7) is 5.56. The molecule has 0 amide bonds. The molecular weight excluding hydrogens is 472 g/mol. The fourth-order valence-electron chi connectivity index (χ4n) is 4.72. The van der Waals surface area contributed by atoms with Crippen molar-refractivity contribution in [2.24, 2.45) is 0 Å². The summed E-state index contributed by atoms with van der Waals surface area (Å²) in [5.74, 6) is -0.255. The normalized spacial score (nSPS) is 12.1. The first-order valence-electron chi connectivity index (χ1n) is 12.5. The van der Waals surface area contributed by atoms with E-state index in [-0.39, 0.29) is 18.6 Å². The van der Waals surface area contributed by atoms with Crippen LogP contribution in [-0.2, 0) is 20.7 Å². The minimum absolute atomic E-state index is 0.142. The number of carbonyl (C=O) groups excluding carboxylic acids is 1. The largest absolute Gasteiger partial charge is 0.431 e. The van der Waals surface area contributed by atoms with Gasteiger partial charge in [-0.15, -0.1) is 0 Å². The summed E-state index contributed by atoms with van der Waals surface area (Å²) < 4.78 is 5.61. The van der Waals surface area contributed by atoms with Crippen LogP contribution in [0.15, 0.2) is 145 Å². The summed E-state index contributed by atoms with van der Waals surface area (Å²) >= 11 is 0. The van der Waals surface area contributed by atoms with Crippen LogP contribution < -0.4 is 0 Å². The molecule has 0 saturated heterocycles. The highest BCUT2D eigenvalue weighted by molar-refractivity contribution is 5.67. The number of esters is 1. The van der Waals surface area contributed by atoms with Gasteiger partial charge in [0, 0.05) is 19.8 Å². The first kappa shape index (κ1) is 26.8. The molecule has 4 heteroatoms. The van der Waals surface area contributed by atoms with Crippen LogP contribution in [0.1, 0.15) is 42.0 Å². The number of allylic oxidation sites excluding steroid dienone is 1. The maximum atomic E-state index is 12.1. The lowest BCUT2D eigenvalue weighted by molar-refractivity contribution is -0.137. The Morgan fingerprint density at radius 2 is 1.08 bits per heavy atom. The molecule has 0 aliphatic heterocycles. The lowest BCUT2D eigenvalue weighted by Crippen LogP contribution is -2.28. The van der Waals surface area contributed by atoms with Crippen molar-refractivity contribution in [2.75, 3.05) is 0 Å². The van der Waals surface area contributed by atoms with Gasteiger partial charge in [0.25, 0.3) is 0 Å². The van der Waals surface area contributed by atoms with E-state index in [9.17, 15) is 15.0 Å². The molecule has 0 aliphatic carbocycles. The maximum absolute atomic E-state index is 12.1. The van der Waals surface area contributed by atoms with Gasteiger partial charge in [-0.25, -0.2) is 0 Å². The Morgan fingerprint density at radius 1 is 0.711 bits per heavy atom. The van der Waals surface area contributed by atoms with Gasteiger partial charge in [-0.3, -0.25) is 4.79 Å². The summed E-state index contributed by atoms with van der Waals surface area (Å²) in [5.41, 5.74) is 0.471. The summed E-state index contributed by atoms with van der Waals surface area (Å²) in [6.07, 6.45) is 1.90. The zero-order valence-electron chi connectivity index (χ0n) is 21.5. The fraction of sp³-hybridized carbons (Fsp3) is 0.147. The van der Waals surface area contributed by atoms with Gasteiger partial charge in [0.1, 0.15) is 17.0 Å². The quantitative estimate of drug-likeness (QED) is 0.144. The van der Waals surface area contributed by atoms with Crippen LogP contribution in [0.25, 0.3) is 0 Å². The van der Waals surface area contributed by atoms with Crippen molar-refractivity contribution in [3.05, 3.63) is 168 Å². The average Bonchev–Trinajstić information content (AvgIpc) is 2.94. The van der Waals surface area contributed by atoms with Gasteiger partial charge in [0.2, 0.25) is 0 Å². The average molecular weight is 505 g/mol. The van der Waals surface area contributed by atoms with Crippen molar-refractivity contribution in [3.63, 3.8) is 0 Å². The second-order valence-corrected chi connectivity index (χ2v) is 9.40. The molecule has 4 nitrogen and oxygen atoms in total. The van der Waals surface area contributed by atoms with Crippen LogP contribution >= 0.6 is 0 Å². The van der Waals surface area contributed by atoms with E-state index in [1.165, 1.54) is 6.92 Å². The summed E-state index contributed by atoms with van der Waals surface area (Å²) in [4.78, 5) is 12.1. The lowest BCUT2D eigenvalue weighted by atomic mass is 9.80.